The van der Waals surface area contributed by atoms with E-state index in [0.29, 0.717) is 29.5 Å². The maximum atomic E-state index is 12.3. The molecule has 1 amide bonds. The van der Waals surface area contributed by atoms with Crippen LogP contribution in [0.3, 0.4) is 0 Å². The van der Waals surface area contributed by atoms with Gasteiger partial charge in [0.05, 0.1) is 12.7 Å². The highest BCUT2D eigenvalue weighted by atomic mass is 35.5. The average molecular weight is 268 g/mol. The van der Waals surface area contributed by atoms with Crippen molar-refractivity contribution in [2.45, 2.75) is 6.42 Å². The molecule has 0 spiro atoms. The Morgan fingerprint density at radius 3 is 3.00 bits per heavy atom. The molecule has 5 heteroatoms. The number of rotatable bonds is 4. The normalized spacial score (nSPS) is 13.9. The molecule has 0 radical (unpaired) electrons. The molecule has 0 atom stereocenters. The summed E-state index contributed by atoms with van der Waals surface area (Å²) < 4.78 is 10.5. The van der Waals surface area contributed by atoms with Crippen molar-refractivity contribution in [3.05, 3.63) is 36.2 Å². The van der Waals surface area contributed by atoms with Crippen LogP contribution in [0.2, 0.25) is 0 Å². The molecule has 0 saturated heterocycles. The Morgan fingerprint density at radius 2 is 2.28 bits per heavy atom. The zero-order valence-electron chi connectivity index (χ0n) is 10.1. The lowest BCUT2D eigenvalue weighted by Crippen LogP contribution is -2.26. The molecular formula is C13H14ClNO3. The lowest BCUT2D eigenvalue weighted by atomic mass is 10.1. The summed E-state index contributed by atoms with van der Waals surface area (Å²) in [6, 6.07) is 5.14. The Bertz CT molecular complexity index is 473. The molecule has 1 aromatic carbocycles. The Morgan fingerprint density at radius 1 is 1.44 bits per heavy atom. The van der Waals surface area contributed by atoms with Crippen LogP contribution in [0.4, 0.5) is 0 Å². The number of ether oxygens (including phenoxy) is 2. The van der Waals surface area contributed by atoms with Gasteiger partial charge in [-0.15, -0.1) is 11.6 Å². The Hall–Kier alpha value is -1.68. The lowest BCUT2D eigenvalue weighted by Gasteiger charge is -2.16. The highest BCUT2D eigenvalue weighted by Gasteiger charge is 2.20. The van der Waals surface area contributed by atoms with Gasteiger partial charge in [0, 0.05) is 24.7 Å². The van der Waals surface area contributed by atoms with Crippen molar-refractivity contribution >= 4 is 17.5 Å². The van der Waals surface area contributed by atoms with Crippen LogP contribution in [0.15, 0.2) is 30.7 Å². The third kappa shape index (κ3) is 2.59. The van der Waals surface area contributed by atoms with Gasteiger partial charge in [-0.25, -0.2) is 0 Å². The number of nitrogens with zero attached hydrogens (tertiary/aromatic N) is 1. The summed E-state index contributed by atoms with van der Waals surface area (Å²) in [5.41, 5.74) is 0.523. The molecule has 2 rings (SSSR count). The van der Waals surface area contributed by atoms with Crippen LogP contribution in [0.5, 0.6) is 11.5 Å². The Kier molecular flexibility index (Phi) is 4.10. The van der Waals surface area contributed by atoms with Crippen LogP contribution in [-0.2, 0) is 0 Å². The van der Waals surface area contributed by atoms with Crippen molar-refractivity contribution in [2.75, 3.05) is 19.5 Å². The number of hydrogen-bond acceptors (Lipinski definition) is 3. The first kappa shape index (κ1) is 12.8. The molecule has 0 fully saturated rings. The number of methoxy groups -OCH3 is 1. The van der Waals surface area contributed by atoms with Gasteiger partial charge in [0.25, 0.3) is 5.91 Å². The highest BCUT2D eigenvalue weighted by molar-refractivity contribution is 6.17. The monoisotopic (exact) mass is 267 g/mol. The highest BCUT2D eigenvalue weighted by Crippen LogP contribution is 2.28. The van der Waals surface area contributed by atoms with Gasteiger partial charge in [-0.1, -0.05) is 0 Å². The molecular weight excluding hydrogens is 254 g/mol. The summed E-state index contributed by atoms with van der Waals surface area (Å²) in [6.07, 6.45) is 3.86. The van der Waals surface area contributed by atoms with Gasteiger partial charge in [-0.2, -0.15) is 0 Å². The number of carbonyl (C=O) groups is 1. The molecule has 0 aliphatic carbocycles. The number of halogens is 1. The second-order valence-corrected chi connectivity index (χ2v) is 4.18. The number of carbonyl (C=O) groups excluding carboxylic acids is 1. The third-order valence-electron chi connectivity index (χ3n) is 2.65. The maximum Gasteiger partial charge on any atom is 0.261 e. The predicted molar refractivity (Wildman–Crippen MR) is 69.1 cm³/mol. The summed E-state index contributed by atoms with van der Waals surface area (Å²) >= 11 is 5.64. The SMILES string of the molecule is COc1ccc2c(c1)OC=CN(CCCCl)C2=O. The van der Waals surface area contributed by atoms with Gasteiger partial charge in [-0.05, 0) is 18.6 Å². The fraction of sp³-hybridized carbons (Fsp3) is 0.308. The van der Waals surface area contributed by atoms with Crippen LogP contribution in [0, 0.1) is 0 Å². The third-order valence-corrected chi connectivity index (χ3v) is 2.92. The van der Waals surface area contributed by atoms with Gasteiger partial charge in [0.15, 0.2) is 0 Å². The van der Waals surface area contributed by atoms with Crippen LogP contribution in [-0.4, -0.2) is 30.3 Å². The topological polar surface area (TPSA) is 38.8 Å². The zero-order chi connectivity index (χ0) is 13.0. The van der Waals surface area contributed by atoms with E-state index in [1.54, 1.807) is 36.4 Å². The molecule has 96 valence electrons. The largest absolute Gasteiger partial charge is 0.497 e. The Labute approximate surface area is 111 Å². The quantitative estimate of drug-likeness (QED) is 0.787. The first-order chi connectivity index (χ1) is 8.76. The zero-order valence-corrected chi connectivity index (χ0v) is 10.8. The molecule has 1 aromatic rings. The van der Waals surface area contributed by atoms with E-state index in [4.69, 9.17) is 21.1 Å². The molecule has 0 saturated carbocycles. The van der Waals surface area contributed by atoms with Crippen LogP contribution in [0.1, 0.15) is 16.8 Å². The molecule has 0 unspecified atom stereocenters. The van der Waals surface area contributed by atoms with Crippen LogP contribution < -0.4 is 9.47 Å². The molecule has 1 heterocycles. The lowest BCUT2D eigenvalue weighted by molar-refractivity contribution is 0.0824. The van der Waals surface area contributed by atoms with E-state index in [0.717, 1.165) is 6.42 Å². The van der Waals surface area contributed by atoms with E-state index in [1.165, 1.54) is 6.26 Å². The first-order valence-corrected chi connectivity index (χ1v) is 6.18. The van der Waals surface area contributed by atoms with E-state index in [9.17, 15) is 4.79 Å². The second kappa shape index (κ2) is 5.78. The maximum absolute atomic E-state index is 12.3. The minimum Gasteiger partial charge on any atom is -0.497 e. The summed E-state index contributed by atoms with van der Waals surface area (Å²) in [4.78, 5) is 13.9. The summed E-state index contributed by atoms with van der Waals surface area (Å²) in [6.45, 7) is 0.577. The van der Waals surface area contributed by atoms with Gasteiger partial charge in [-0.3, -0.25) is 4.79 Å². The minimum atomic E-state index is -0.0912. The van der Waals surface area contributed by atoms with Crippen molar-refractivity contribution in [3.63, 3.8) is 0 Å². The molecule has 1 aliphatic rings. The standard InChI is InChI=1S/C13H14ClNO3/c1-17-10-3-4-11-12(9-10)18-8-7-15(13(11)16)6-2-5-14/h3-4,7-9H,2,5-6H2,1H3. The first-order valence-electron chi connectivity index (χ1n) is 5.64. The van der Waals surface area contributed by atoms with Crippen LogP contribution in [0.25, 0.3) is 0 Å². The summed E-state index contributed by atoms with van der Waals surface area (Å²) in [5, 5.41) is 0. The molecule has 0 aromatic heterocycles. The number of hydrogen-bond donors (Lipinski definition) is 0. The van der Waals surface area contributed by atoms with Gasteiger partial charge in [0.2, 0.25) is 0 Å². The average Bonchev–Trinajstić information content (AvgIpc) is 2.55. The minimum absolute atomic E-state index is 0.0912. The van der Waals surface area contributed by atoms with Crippen LogP contribution >= 0.6 is 11.6 Å². The fourth-order valence-electron chi connectivity index (χ4n) is 1.71. The van der Waals surface area contributed by atoms with E-state index >= 15 is 0 Å². The van der Waals surface area contributed by atoms with E-state index < -0.39 is 0 Å². The van der Waals surface area contributed by atoms with Gasteiger partial charge >= 0.3 is 0 Å². The number of alkyl halides is 1. The molecule has 0 N–H and O–H groups in total. The molecule has 1 aliphatic heterocycles. The fourth-order valence-corrected chi connectivity index (χ4v) is 1.83. The number of benzene rings is 1. The van der Waals surface area contributed by atoms with E-state index in [1.807, 2.05) is 0 Å². The van der Waals surface area contributed by atoms with Gasteiger partial charge < -0.3 is 14.4 Å². The van der Waals surface area contributed by atoms with Crippen molar-refractivity contribution in [3.8, 4) is 11.5 Å². The van der Waals surface area contributed by atoms with Crippen molar-refractivity contribution in [2.24, 2.45) is 0 Å². The molecule has 0 bridgehead atoms. The predicted octanol–water partition coefficient (Wildman–Crippen LogP) is 2.63. The van der Waals surface area contributed by atoms with Crippen molar-refractivity contribution in [1.82, 2.24) is 4.90 Å². The Balaban J connectivity index is 2.27. The van der Waals surface area contributed by atoms with Crippen molar-refractivity contribution < 1.29 is 14.3 Å². The second-order valence-electron chi connectivity index (χ2n) is 3.81. The molecule has 4 nitrogen and oxygen atoms in total. The van der Waals surface area contributed by atoms with E-state index in [2.05, 4.69) is 0 Å². The summed E-state index contributed by atoms with van der Waals surface area (Å²) in [7, 11) is 1.57. The summed E-state index contributed by atoms with van der Waals surface area (Å²) in [5.74, 6) is 1.59. The number of fused-ring (bicyclic) bond motifs is 1. The van der Waals surface area contributed by atoms with Gasteiger partial charge in [0.1, 0.15) is 17.8 Å². The molecule has 18 heavy (non-hydrogen) atoms. The van der Waals surface area contributed by atoms with Crippen molar-refractivity contribution in [1.29, 1.82) is 0 Å². The van der Waals surface area contributed by atoms with E-state index in [-0.39, 0.29) is 5.91 Å². The smallest absolute Gasteiger partial charge is 0.261 e. The number of amides is 1.